The highest BCUT2D eigenvalue weighted by Crippen LogP contribution is 2.39. The van der Waals surface area contributed by atoms with Gasteiger partial charge in [0.25, 0.3) is 0 Å². The Bertz CT molecular complexity index is 639. The maximum absolute atomic E-state index is 13.0. The van der Waals surface area contributed by atoms with Crippen molar-refractivity contribution in [3.05, 3.63) is 59.9 Å². The summed E-state index contributed by atoms with van der Waals surface area (Å²) in [6.07, 6.45) is 5.28. The van der Waals surface area contributed by atoms with Crippen LogP contribution in [0.1, 0.15) is 44.1 Å². The fourth-order valence-electron chi connectivity index (χ4n) is 3.46. The lowest BCUT2D eigenvalue weighted by Gasteiger charge is -2.12. The number of benzene rings is 2. The summed E-state index contributed by atoms with van der Waals surface area (Å²) in [6.45, 7) is 3.12. The van der Waals surface area contributed by atoms with Crippen molar-refractivity contribution in [3.8, 4) is 11.5 Å². The SMILES string of the molecule is CCC1CCC(c2ccc(OCCOc3cccc(F)c3)cc2)C1. The molecule has 1 saturated carbocycles. The fourth-order valence-corrected chi connectivity index (χ4v) is 3.46. The highest BCUT2D eigenvalue weighted by Gasteiger charge is 2.24. The summed E-state index contributed by atoms with van der Waals surface area (Å²) in [5.41, 5.74) is 1.43. The van der Waals surface area contributed by atoms with Crippen LogP contribution in [0.4, 0.5) is 4.39 Å². The van der Waals surface area contributed by atoms with Crippen molar-refractivity contribution < 1.29 is 13.9 Å². The quantitative estimate of drug-likeness (QED) is 0.618. The Balaban J connectivity index is 1.43. The Hall–Kier alpha value is -2.03. The molecule has 0 aromatic heterocycles. The molecular weight excluding hydrogens is 303 g/mol. The molecule has 0 heterocycles. The lowest BCUT2D eigenvalue weighted by atomic mass is 9.95. The highest BCUT2D eigenvalue weighted by molar-refractivity contribution is 5.30. The lowest BCUT2D eigenvalue weighted by Crippen LogP contribution is -2.09. The van der Waals surface area contributed by atoms with E-state index >= 15 is 0 Å². The summed E-state index contributed by atoms with van der Waals surface area (Å²) in [5, 5.41) is 0. The second kappa shape index (κ2) is 8.18. The molecule has 2 aromatic rings. The minimum atomic E-state index is -0.291. The van der Waals surface area contributed by atoms with E-state index < -0.39 is 0 Å². The summed E-state index contributed by atoms with van der Waals surface area (Å²) in [5.74, 6) is 2.69. The molecule has 1 fully saturated rings. The average Bonchev–Trinajstić information content (AvgIpc) is 3.08. The van der Waals surface area contributed by atoms with Crippen LogP contribution in [0.15, 0.2) is 48.5 Å². The molecule has 2 unspecified atom stereocenters. The van der Waals surface area contributed by atoms with Gasteiger partial charge in [-0.2, -0.15) is 0 Å². The third-order valence-electron chi connectivity index (χ3n) is 4.89. The predicted octanol–water partition coefficient (Wildman–Crippen LogP) is 5.58. The molecule has 0 N–H and O–H groups in total. The van der Waals surface area contributed by atoms with Crippen LogP contribution in [0.25, 0.3) is 0 Å². The standard InChI is InChI=1S/C21H25FO2/c1-2-16-6-7-18(14-16)17-8-10-20(11-9-17)23-12-13-24-21-5-3-4-19(22)15-21/h3-5,8-11,15-16,18H,2,6-7,12-14H2,1H3. The first kappa shape index (κ1) is 16.8. The zero-order chi connectivity index (χ0) is 16.8. The molecule has 0 saturated heterocycles. The van der Waals surface area contributed by atoms with E-state index in [2.05, 4.69) is 19.1 Å². The molecule has 24 heavy (non-hydrogen) atoms. The molecule has 2 nitrogen and oxygen atoms in total. The monoisotopic (exact) mass is 328 g/mol. The van der Waals surface area contributed by atoms with Crippen LogP contribution in [0.2, 0.25) is 0 Å². The van der Waals surface area contributed by atoms with Crippen LogP contribution in [-0.4, -0.2) is 13.2 Å². The predicted molar refractivity (Wildman–Crippen MR) is 94.2 cm³/mol. The molecular formula is C21H25FO2. The first-order chi connectivity index (χ1) is 11.7. The first-order valence-electron chi connectivity index (χ1n) is 8.85. The van der Waals surface area contributed by atoms with E-state index in [1.807, 2.05) is 12.1 Å². The number of rotatable bonds is 7. The van der Waals surface area contributed by atoms with E-state index in [0.717, 1.165) is 11.7 Å². The molecule has 2 aromatic carbocycles. The van der Waals surface area contributed by atoms with Crippen molar-refractivity contribution in [2.75, 3.05) is 13.2 Å². The average molecular weight is 328 g/mol. The smallest absolute Gasteiger partial charge is 0.126 e. The van der Waals surface area contributed by atoms with Crippen LogP contribution in [0.3, 0.4) is 0 Å². The maximum atomic E-state index is 13.0. The molecule has 1 aliphatic carbocycles. The van der Waals surface area contributed by atoms with Crippen molar-refractivity contribution in [2.24, 2.45) is 5.92 Å². The van der Waals surface area contributed by atoms with E-state index in [4.69, 9.17) is 9.47 Å². The third-order valence-corrected chi connectivity index (χ3v) is 4.89. The highest BCUT2D eigenvalue weighted by atomic mass is 19.1. The van der Waals surface area contributed by atoms with E-state index in [-0.39, 0.29) is 5.82 Å². The molecule has 0 aliphatic heterocycles. The Morgan fingerprint density at radius 2 is 1.71 bits per heavy atom. The summed E-state index contributed by atoms with van der Waals surface area (Å²) < 4.78 is 24.2. The number of hydrogen-bond acceptors (Lipinski definition) is 2. The van der Waals surface area contributed by atoms with E-state index in [9.17, 15) is 4.39 Å². The topological polar surface area (TPSA) is 18.5 Å². The van der Waals surface area contributed by atoms with Crippen molar-refractivity contribution in [2.45, 2.75) is 38.5 Å². The zero-order valence-corrected chi connectivity index (χ0v) is 14.2. The van der Waals surface area contributed by atoms with Crippen LogP contribution in [0, 0.1) is 11.7 Å². The van der Waals surface area contributed by atoms with Gasteiger partial charge in [0.1, 0.15) is 30.5 Å². The number of halogens is 1. The zero-order valence-electron chi connectivity index (χ0n) is 14.2. The Kier molecular flexibility index (Phi) is 5.73. The number of ether oxygens (including phenoxy) is 2. The largest absolute Gasteiger partial charge is 0.490 e. The van der Waals surface area contributed by atoms with Gasteiger partial charge >= 0.3 is 0 Å². The molecule has 128 valence electrons. The Labute approximate surface area is 143 Å². The summed E-state index contributed by atoms with van der Waals surface area (Å²) in [7, 11) is 0. The van der Waals surface area contributed by atoms with E-state index in [0.29, 0.717) is 24.9 Å². The Morgan fingerprint density at radius 3 is 2.38 bits per heavy atom. The van der Waals surface area contributed by atoms with Gasteiger partial charge in [0.05, 0.1) is 0 Å². The normalized spacial score (nSPS) is 20.1. The van der Waals surface area contributed by atoms with Crippen LogP contribution < -0.4 is 9.47 Å². The maximum Gasteiger partial charge on any atom is 0.126 e. The van der Waals surface area contributed by atoms with Gasteiger partial charge in [-0.15, -0.1) is 0 Å². The van der Waals surface area contributed by atoms with Gasteiger partial charge in [0.2, 0.25) is 0 Å². The van der Waals surface area contributed by atoms with Crippen LogP contribution >= 0.6 is 0 Å². The van der Waals surface area contributed by atoms with E-state index in [1.54, 1.807) is 12.1 Å². The van der Waals surface area contributed by atoms with Gasteiger partial charge < -0.3 is 9.47 Å². The second-order valence-corrected chi connectivity index (χ2v) is 6.51. The molecule has 2 atom stereocenters. The fraction of sp³-hybridized carbons (Fsp3) is 0.429. The minimum Gasteiger partial charge on any atom is -0.490 e. The molecule has 3 heteroatoms. The number of hydrogen-bond donors (Lipinski definition) is 0. The minimum absolute atomic E-state index is 0.291. The molecule has 0 radical (unpaired) electrons. The first-order valence-corrected chi connectivity index (χ1v) is 8.85. The molecule has 0 bridgehead atoms. The third kappa shape index (κ3) is 4.50. The van der Waals surface area contributed by atoms with Crippen molar-refractivity contribution >= 4 is 0 Å². The van der Waals surface area contributed by atoms with Crippen molar-refractivity contribution in [1.29, 1.82) is 0 Å². The van der Waals surface area contributed by atoms with Gasteiger partial charge in [-0.3, -0.25) is 0 Å². The van der Waals surface area contributed by atoms with Crippen molar-refractivity contribution in [1.82, 2.24) is 0 Å². The van der Waals surface area contributed by atoms with Gasteiger partial charge in [-0.1, -0.05) is 31.5 Å². The second-order valence-electron chi connectivity index (χ2n) is 6.51. The molecule has 3 rings (SSSR count). The summed E-state index contributed by atoms with van der Waals surface area (Å²) in [6, 6.07) is 14.6. The van der Waals surface area contributed by atoms with Crippen LogP contribution in [0.5, 0.6) is 11.5 Å². The van der Waals surface area contributed by atoms with Gasteiger partial charge in [0.15, 0.2) is 0 Å². The molecule has 0 spiro atoms. The van der Waals surface area contributed by atoms with Gasteiger partial charge in [-0.25, -0.2) is 4.39 Å². The van der Waals surface area contributed by atoms with Gasteiger partial charge in [-0.05, 0) is 60.9 Å². The van der Waals surface area contributed by atoms with E-state index in [1.165, 1.54) is 43.4 Å². The summed E-state index contributed by atoms with van der Waals surface area (Å²) in [4.78, 5) is 0. The lowest BCUT2D eigenvalue weighted by molar-refractivity contribution is 0.216. The Morgan fingerprint density at radius 1 is 0.958 bits per heavy atom. The van der Waals surface area contributed by atoms with Gasteiger partial charge in [0, 0.05) is 6.07 Å². The molecule has 1 aliphatic rings. The van der Waals surface area contributed by atoms with Crippen molar-refractivity contribution in [3.63, 3.8) is 0 Å². The van der Waals surface area contributed by atoms with Crippen LogP contribution in [-0.2, 0) is 0 Å². The summed E-state index contributed by atoms with van der Waals surface area (Å²) >= 11 is 0. The molecule has 0 amide bonds.